The van der Waals surface area contributed by atoms with Crippen LogP contribution in [0, 0.1) is 6.92 Å². The summed E-state index contributed by atoms with van der Waals surface area (Å²) in [4.78, 5) is 10.4. The maximum atomic E-state index is 10.4. The molecule has 0 heterocycles. The molecule has 4 heteroatoms. The molecule has 0 aromatic heterocycles. The zero-order valence-electron chi connectivity index (χ0n) is 9.67. The van der Waals surface area contributed by atoms with E-state index in [1.54, 1.807) is 14.2 Å². The molecule has 0 spiro atoms. The summed E-state index contributed by atoms with van der Waals surface area (Å²) in [6, 6.07) is 1.87. The maximum absolute atomic E-state index is 10.4. The first-order valence-electron chi connectivity index (χ1n) is 4.99. The molecule has 0 unspecified atom stereocenters. The van der Waals surface area contributed by atoms with Gasteiger partial charge in [-0.1, -0.05) is 15.9 Å². The molecular weight excluding hydrogens is 272 g/mol. The molecule has 0 saturated carbocycles. The van der Waals surface area contributed by atoms with Gasteiger partial charge in [0.1, 0.15) is 6.29 Å². The van der Waals surface area contributed by atoms with Crippen molar-refractivity contribution >= 4 is 22.2 Å². The highest BCUT2D eigenvalue weighted by atomic mass is 79.9. The highest BCUT2D eigenvalue weighted by Crippen LogP contribution is 2.38. The molecule has 0 aliphatic rings. The lowest BCUT2D eigenvalue weighted by atomic mass is 10.0. The molecule has 1 aromatic rings. The Bertz CT molecular complexity index is 388. The summed E-state index contributed by atoms with van der Waals surface area (Å²) >= 11 is 3.47. The Morgan fingerprint density at radius 1 is 1.38 bits per heavy atom. The minimum absolute atomic E-state index is 0.483. The van der Waals surface area contributed by atoms with Crippen molar-refractivity contribution in [1.82, 2.24) is 0 Å². The molecule has 0 amide bonds. The van der Waals surface area contributed by atoms with E-state index < -0.39 is 0 Å². The number of halogens is 1. The predicted molar refractivity (Wildman–Crippen MR) is 66.4 cm³/mol. The summed E-state index contributed by atoms with van der Waals surface area (Å²) in [5, 5.41) is 0. The Hall–Kier alpha value is -1.03. The first-order chi connectivity index (χ1) is 7.65. The summed E-state index contributed by atoms with van der Waals surface area (Å²) in [7, 11) is 3.21. The Morgan fingerprint density at radius 2 is 2.06 bits per heavy atom. The van der Waals surface area contributed by atoms with Gasteiger partial charge in [-0.3, -0.25) is 0 Å². The Kier molecular flexibility index (Phi) is 4.80. The van der Waals surface area contributed by atoms with E-state index >= 15 is 0 Å². The zero-order chi connectivity index (χ0) is 12.1. The second kappa shape index (κ2) is 5.89. The molecule has 16 heavy (non-hydrogen) atoms. The fourth-order valence-corrected chi connectivity index (χ4v) is 2.08. The van der Waals surface area contributed by atoms with E-state index in [1.165, 1.54) is 0 Å². The van der Waals surface area contributed by atoms with Gasteiger partial charge >= 0.3 is 0 Å². The van der Waals surface area contributed by atoms with Gasteiger partial charge in [0.15, 0.2) is 11.5 Å². The molecule has 1 aromatic carbocycles. The number of methoxy groups -OCH3 is 2. The highest BCUT2D eigenvalue weighted by molar-refractivity contribution is 9.10. The van der Waals surface area contributed by atoms with Crippen molar-refractivity contribution in [1.29, 1.82) is 0 Å². The van der Waals surface area contributed by atoms with E-state index in [2.05, 4.69) is 15.9 Å². The number of rotatable bonds is 5. The third-order valence-electron chi connectivity index (χ3n) is 2.50. The van der Waals surface area contributed by atoms with Crippen LogP contribution in [-0.2, 0) is 11.2 Å². The van der Waals surface area contributed by atoms with Crippen LogP contribution >= 0.6 is 15.9 Å². The van der Waals surface area contributed by atoms with E-state index in [9.17, 15) is 4.79 Å². The first kappa shape index (κ1) is 13.0. The van der Waals surface area contributed by atoms with Crippen molar-refractivity contribution in [3.8, 4) is 11.5 Å². The molecular formula is C12H15BrO3. The molecule has 0 saturated heterocycles. The van der Waals surface area contributed by atoms with Crippen molar-refractivity contribution in [2.45, 2.75) is 19.8 Å². The van der Waals surface area contributed by atoms with E-state index in [1.807, 2.05) is 13.0 Å². The smallest absolute Gasteiger partial charge is 0.164 e. The number of ether oxygens (including phenoxy) is 2. The Balaban J connectivity index is 3.28. The number of aldehydes is 1. The third kappa shape index (κ3) is 2.55. The molecule has 0 radical (unpaired) electrons. The van der Waals surface area contributed by atoms with Gasteiger partial charge in [-0.2, -0.15) is 0 Å². The fraction of sp³-hybridized carbons (Fsp3) is 0.417. The SMILES string of the molecule is COc1cc(Br)c(C)c(CCC=O)c1OC. The van der Waals surface area contributed by atoms with Gasteiger partial charge in [0.05, 0.1) is 14.2 Å². The van der Waals surface area contributed by atoms with Crippen LogP contribution in [0.25, 0.3) is 0 Å². The van der Waals surface area contributed by atoms with Crippen LogP contribution in [0.1, 0.15) is 17.5 Å². The summed E-state index contributed by atoms with van der Waals surface area (Å²) in [5.41, 5.74) is 2.10. The lowest BCUT2D eigenvalue weighted by molar-refractivity contribution is -0.107. The highest BCUT2D eigenvalue weighted by Gasteiger charge is 2.15. The molecule has 0 N–H and O–H groups in total. The Morgan fingerprint density at radius 3 is 2.56 bits per heavy atom. The number of hydrogen-bond acceptors (Lipinski definition) is 3. The van der Waals surface area contributed by atoms with Crippen LogP contribution in [0.3, 0.4) is 0 Å². The fourth-order valence-electron chi connectivity index (χ4n) is 1.63. The van der Waals surface area contributed by atoms with Crippen molar-refractivity contribution in [3.63, 3.8) is 0 Å². The lowest BCUT2D eigenvalue weighted by Crippen LogP contribution is -2.00. The lowest BCUT2D eigenvalue weighted by Gasteiger charge is -2.16. The minimum Gasteiger partial charge on any atom is -0.493 e. The molecule has 0 fully saturated rings. The van der Waals surface area contributed by atoms with E-state index in [4.69, 9.17) is 9.47 Å². The van der Waals surface area contributed by atoms with Crippen LogP contribution < -0.4 is 9.47 Å². The van der Waals surface area contributed by atoms with Gasteiger partial charge in [-0.15, -0.1) is 0 Å². The zero-order valence-corrected chi connectivity index (χ0v) is 11.3. The standard InChI is InChI=1S/C12H15BrO3/c1-8-9(5-4-6-14)12(16-3)11(15-2)7-10(8)13/h6-7H,4-5H2,1-3H3. The Labute approximate surface area is 104 Å². The molecule has 0 aliphatic heterocycles. The first-order valence-corrected chi connectivity index (χ1v) is 5.78. The van der Waals surface area contributed by atoms with Gasteiger partial charge < -0.3 is 14.3 Å². The van der Waals surface area contributed by atoms with Crippen molar-refractivity contribution in [3.05, 3.63) is 21.7 Å². The van der Waals surface area contributed by atoms with Gasteiger partial charge in [0.2, 0.25) is 0 Å². The summed E-state index contributed by atoms with van der Waals surface area (Å²) in [5.74, 6) is 1.39. The van der Waals surface area contributed by atoms with Crippen molar-refractivity contribution in [2.75, 3.05) is 14.2 Å². The topological polar surface area (TPSA) is 35.5 Å². The van der Waals surface area contributed by atoms with Crippen LogP contribution in [-0.4, -0.2) is 20.5 Å². The van der Waals surface area contributed by atoms with Crippen LogP contribution in [0.4, 0.5) is 0 Å². The molecule has 3 nitrogen and oxygen atoms in total. The quantitative estimate of drug-likeness (QED) is 0.781. The second-order valence-corrected chi connectivity index (χ2v) is 4.26. The van der Waals surface area contributed by atoms with E-state index in [0.717, 1.165) is 21.9 Å². The summed E-state index contributed by atoms with van der Waals surface area (Å²) in [6.07, 6.45) is 2.05. The normalized spacial score (nSPS) is 10.0. The van der Waals surface area contributed by atoms with Crippen LogP contribution in [0.15, 0.2) is 10.5 Å². The van der Waals surface area contributed by atoms with Crippen molar-refractivity contribution in [2.24, 2.45) is 0 Å². The van der Waals surface area contributed by atoms with Gasteiger partial charge in [0, 0.05) is 16.5 Å². The molecule has 0 aliphatic carbocycles. The van der Waals surface area contributed by atoms with E-state index in [0.29, 0.717) is 24.3 Å². The predicted octanol–water partition coefficient (Wildman–Crippen LogP) is 2.91. The van der Waals surface area contributed by atoms with Crippen LogP contribution in [0.5, 0.6) is 11.5 Å². The number of carbonyl (C=O) groups excluding carboxylic acids is 1. The van der Waals surface area contributed by atoms with E-state index in [-0.39, 0.29) is 0 Å². The summed E-state index contributed by atoms with van der Waals surface area (Å²) < 4.78 is 11.6. The maximum Gasteiger partial charge on any atom is 0.164 e. The van der Waals surface area contributed by atoms with Gasteiger partial charge in [-0.05, 0) is 25.0 Å². The summed E-state index contributed by atoms with van der Waals surface area (Å²) in [6.45, 7) is 1.99. The van der Waals surface area contributed by atoms with Crippen LogP contribution in [0.2, 0.25) is 0 Å². The van der Waals surface area contributed by atoms with Gasteiger partial charge in [-0.25, -0.2) is 0 Å². The van der Waals surface area contributed by atoms with Gasteiger partial charge in [0.25, 0.3) is 0 Å². The number of hydrogen-bond donors (Lipinski definition) is 0. The average Bonchev–Trinajstić information content (AvgIpc) is 2.30. The number of benzene rings is 1. The molecule has 88 valence electrons. The monoisotopic (exact) mass is 286 g/mol. The average molecular weight is 287 g/mol. The molecule has 0 atom stereocenters. The second-order valence-electron chi connectivity index (χ2n) is 3.40. The molecule has 1 rings (SSSR count). The largest absolute Gasteiger partial charge is 0.493 e. The van der Waals surface area contributed by atoms with Crippen molar-refractivity contribution < 1.29 is 14.3 Å². The number of carbonyl (C=O) groups is 1. The molecule has 0 bridgehead atoms. The minimum atomic E-state index is 0.483. The third-order valence-corrected chi connectivity index (χ3v) is 3.33.